The van der Waals surface area contributed by atoms with Gasteiger partial charge in [0.15, 0.2) is 0 Å². The summed E-state index contributed by atoms with van der Waals surface area (Å²) in [7, 11) is 0. The van der Waals surface area contributed by atoms with Crippen molar-refractivity contribution in [3.63, 3.8) is 0 Å². The highest BCUT2D eigenvalue weighted by Gasteiger charge is 2.41. The van der Waals surface area contributed by atoms with Crippen LogP contribution in [-0.2, 0) is 0 Å². The molecule has 0 radical (unpaired) electrons. The highest BCUT2D eigenvalue weighted by molar-refractivity contribution is 5.73. The van der Waals surface area contributed by atoms with Gasteiger partial charge in [-0.25, -0.2) is 10.6 Å². The summed E-state index contributed by atoms with van der Waals surface area (Å²) in [5.74, 6) is 4.93. The van der Waals surface area contributed by atoms with Crippen molar-refractivity contribution >= 4 is 6.03 Å². The highest BCUT2D eigenvalue weighted by atomic mass is 16.2. The fraction of sp³-hybridized carbons (Fsp3) is 0.875. The molecule has 0 saturated heterocycles. The molecule has 0 heterocycles. The van der Waals surface area contributed by atoms with Crippen molar-refractivity contribution in [2.24, 2.45) is 11.3 Å². The third kappa shape index (κ3) is 2.37. The largest absolute Gasteiger partial charge is 0.337 e. The summed E-state index contributed by atoms with van der Waals surface area (Å²) in [5, 5.41) is 2.74. The Kier molecular flexibility index (Phi) is 2.92. The van der Waals surface area contributed by atoms with E-state index >= 15 is 0 Å². The lowest BCUT2D eigenvalue weighted by Gasteiger charge is -2.14. The molecule has 1 fully saturated rings. The van der Waals surface area contributed by atoms with Crippen LogP contribution in [0.15, 0.2) is 0 Å². The number of carbonyl (C=O) groups is 1. The van der Waals surface area contributed by atoms with E-state index in [-0.39, 0.29) is 6.03 Å². The van der Waals surface area contributed by atoms with Crippen molar-refractivity contribution in [1.82, 2.24) is 10.7 Å². The van der Waals surface area contributed by atoms with E-state index < -0.39 is 0 Å². The van der Waals surface area contributed by atoms with E-state index in [1.54, 1.807) is 0 Å². The predicted molar refractivity (Wildman–Crippen MR) is 47.3 cm³/mol. The number of rotatable bonds is 4. The second-order valence-corrected chi connectivity index (χ2v) is 3.58. The number of hydrazine groups is 1. The second-order valence-electron chi connectivity index (χ2n) is 3.58. The fourth-order valence-electron chi connectivity index (χ4n) is 1.54. The average Bonchev–Trinajstić information content (AvgIpc) is 2.82. The first-order valence-corrected chi connectivity index (χ1v) is 4.47. The molecule has 0 aromatic heterocycles. The highest BCUT2D eigenvalue weighted by Crippen LogP contribution is 2.48. The van der Waals surface area contributed by atoms with Gasteiger partial charge < -0.3 is 5.32 Å². The number of hydrogen-bond donors (Lipinski definition) is 3. The molecule has 1 aliphatic carbocycles. The third-order valence-electron chi connectivity index (χ3n) is 2.49. The van der Waals surface area contributed by atoms with E-state index in [0.29, 0.717) is 5.41 Å². The van der Waals surface area contributed by atoms with Gasteiger partial charge in [0.25, 0.3) is 0 Å². The first kappa shape index (κ1) is 9.32. The quantitative estimate of drug-likeness (QED) is 0.332. The Balaban J connectivity index is 2.17. The molecule has 1 saturated carbocycles. The molecule has 0 unspecified atom stereocenters. The Hall–Kier alpha value is -0.770. The molecular weight excluding hydrogens is 154 g/mol. The van der Waals surface area contributed by atoms with E-state index in [2.05, 4.69) is 17.7 Å². The molecular formula is C8H17N3O. The van der Waals surface area contributed by atoms with Crippen molar-refractivity contribution < 1.29 is 4.79 Å². The van der Waals surface area contributed by atoms with E-state index in [9.17, 15) is 4.79 Å². The topological polar surface area (TPSA) is 67.2 Å². The monoisotopic (exact) mass is 171 g/mol. The number of hydrogen-bond acceptors (Lipinski definition) is 2. The maximum absolute atomic E-state index is 10.7. The lowest BCUT2D eigenvalue weighted by molar-refractivity contribution is 0.238. The smallest absolute Gasteiger partial charge is 0.328 e. The summed E-state index contributed by atoms with van der Waals surface area (Å²) >= 11 is 0. The predicted octanol–water partition coefficient (Wildman–Crippen LogP) is 0.740. The molecule has 12 heavy (non-hydrogen) atoms. The Labute approximate surface area is 72.9 Å². The van der Waals surface area contributed by atoms with Gasteiger partial charge in [-0.1, -0.05) is 13.3 Å². The molecule has 4 N–H and O–H groups in total. The van der Waals surface area contributed by atoms with Gasteiger partial charge in [-0.3, -0.25) is 5.43 Å². The van der Waals surface area contributed by atoms with Gasteiger partial charge in [-0.05, 0) is 24.7 Å². The molecule has 70 valence electrons. The van der Waals surface area contributed by atoms with Crippen molar-refractivity contribution in [1.29, 1.82) is 0 Å². The average molecular weight is 171 g/mol. The number of carbonyl (C=O) groups excluding carboxylic acids is 1. The van der Waals surface area contributed by atoms with Crippen LogP contribution < -0.4 is 16.6 Å². The van der Waals surface area contributed by atoms with Gasteiger partial charge in [-0.2, -0.15) is 0 Å². The molecule has 0 spiro atoms. The minimum absolute atomic E-state index is 0.280. The third-order valence-corrected chi connectivity index (χ3v) is 2.49. The van der Waals surface area contributed by atoms with Crippen LogP contribution in [0.1, 0.15) is 32.6 Å². The normalized spacial score (nSPS) is 18.5. The summed E-state index contributed by atoms with van der Waals surface area (Å²) in [6.45, 7) is 2.94. The maximum Gasteiger partial charge on any atom is 0.328 e. The van der Waals surface area contributed by atoms with E-state index in [4.69, 9.17) is 5.84 Å². The van der Waals surface area contributed by atoms with Gasteiger partial charge in [0.1, 0.15) is 0 Å². The number of amides is 2. The van der Waals surface area contributed by atoms with Crippen molar-refractivity contribution in [2.45, 2.75) is 32.6 Å². The summed E-state index contributed by atoms with van der Waals surface area (Å²) in [6, 6.07) is -0.280. The number of nitrogens with one attached hydrogen (secondary N) is 2. The van der Waals surface area contributed by atoms with Gasteiger partial charge in [0.2, 0.25) is 0 Å². The van der Waals surface area contributed by atoms with Crippen molar-refractivity contribution in [3.8, 4) is 0 Å². The van der Waals surface area contributed by atoms with Gasteiger partial charge in [0, 0.05) is 6.54 Å². The zero-order valence-electron chi connectivity index (χ0n) is 7.52. The van der Waals surface area contributed by atoms with E-state index in [1.165, 1.54) is 25.7 Å². The first-order valence-electron chi connectivity index (χ1n) is 4.47. The van der Waals surface area contributed by atoms with Crippen LogP contribution in [0, 0.1) is 5.41 Å². The summed E-state index contributed by atoms with van der Waals surface area (Å²) in [6.07, 6.45) is 4.88. The lowest BCUT2D eigenvalue weighted by atomic mass is 10.0. The lowest BCUT2D eigenvalue weighted by Crippen LogP contribution is -2.42. The van der Waals surface area contributed by atoms with E-state index in [0.717, 1.165) is 6.54 Å². The zero-order valence-corrected chi connectivity index (χ0v) is 7.52. The van der Waals surface area contributed by atoms with Gasteiger partial charge >= 0.3 is 6.03 Å². The van der Waals surface area contributed by atoms with Crippen molar-refractivity contribution in [2.75, 3.05) is 6.54 Å². The standard InChI is InChI=1S/C8H17N3O/c1-2-3-8(4-5-8)6-10-7(12)11-9/h2-6,9H2,1H3,(H2,10,11,12). The van der Waals surface area contributed by atoms with Gasteiger partial charge in [-0.15, -0.1) is 0 Å². The first-order chi connectivity index (χ1) is 5.72. The summed E-state index contributed by atoms with van der Waals surface area (Å²) in [4.78, 5) is 10.7. The summed E-state index contributed by atoms with van der Waals surface area (Å²) < 4.78 is 0. The molecule has 1 rings (SSSR count). The molecule has 0 aliphatic heterocycles. The molecule has 2 amide bonds. The Morgan fingerprint density at radius 1 is 1.58 bits per heavy atom. The molecule has 1 aliphatic rings. The molecule has 4 heteroatoms. The minimum Gasteiger partial charge on any atom is -0.337 e. The van der Waals surface area contributed by atoms with Crippen molar-refractivity contribution in [3.05, 3.63) is 0 Å². The minimum atomic E-state index is -0.280. The molecule has 0 aromatic carbocycles. The van der Waals surface area contributed by atoms with E-state index in [1.807, 2.05) is 0 Å². The molecule has 0 bridgehead atoms. The van der Waals surface area contributed by atoms with Crippen LogP contribution in [0.4, 0.5) is 4.79 Å². The maximum atomic E-state index is 10.7. The SMILES string of the molecule is CCCC1(CNC(=O)NN)CC1. The van der Waals surface area contributed by atoms with Crippen LogP contribution in [-0.4, -0.2) is 12.6 Å². The van der Waals surface area contributed by atoms with Crippen LogP contribution in [0.5, 0.6) is 0 Å². The van der Waals surface area contributed by atoms with Crippen LogP contribution in [0.25, 0.3) is 0 Å². The Bertz CT molecular complexity index is 166. The summed E-state index contributed by atoms with van der Waals surface area (Å²) in [5.41, 5.74) is 2.46. The molecule has 0 atom stereocenters. The van der Waals surface area contributed by atoms with Crippen LogP contribution >= 0.6 is 0 Å². The number of urea groups is 1. The number of nitrogens with two attached hydrogens (primary N) is 1. The van der Waals surface area contributed by atoms with Crippen LogP contribution in [0.2, 0.25) is 0 Å². The second kappa shape index (κ2) is 3.76. The Morgan fingerprint density at radius 2 is 2.25 bits per heavy atom. The van der Waals surface area contributed by atoms with Gasteiger partial charge in [0.05, 0.1) is 0 Å². The van der Waals surface area contributed by atoms with Crippen LogP contribution in [0.3, 0.4) is 0 Å². The Morgan fingerprint density at radius 3 is 2.67 bits per heavy atom. The zero-order chi connectivity index (χ0) is 9.03. The molecule has 0 aromatic rings. The fourth-order valence-corrected chi connectivity index (χ4v) is 1.54. The molecule has 4 nitrogen and oxygen atoms in total.